The summed E-state index contributed by atoms with van der Waals surface area (Å²) in [4.78, 5) is 15.3. The molecule has 1 saturated heterocycles. The van der Waals surface area contributed by atoms with Crippen LogP contribution in [0.2, 0.25) is 0 Å². The first-order chi connectivity index (χ1) is 12.2. The molecule has 0 aromatic heterocycles. The van der Waals surface area contributed by atoms with Gasteiger partial charge >= 0.3 is 5.97 Å². The van der Waals surface area contributed by atoms with Gasteiger partial charge in [-0.15, -0.1) is 0 Å². The number of carboxylic acid groups (broad SMARTS) is 1. The third kappa shape index (κ3) is 2.38. The summed E-state index contributed by atoms with van der Waals surface area (Å²) in [5, 5.41) is 9.47. The number of nitrogens with two attached hydrogens (primary N) is 1. The predicted octanol–water partition coefficient (Wildman–Crippen LogP) is 2.34. The zero-order valence-corrected chi connectivity index (χ0v) is 14.9. The maximum atomic E-state index is 15.1. The molecule has 1 aromatic carbocycles. The molecule has 0 bridgehead atoms. The molecule has 7 heteroatoms. The van der Waals surface area contributed by atoms with E-state index in [0.717, 1.165) is 6.42 Å². The summed E-state index contributed by atoms with van der Waals surface area (Å²) >= 11 is 0. The van der Waals surface area contributed by atoms with E-state index in [-0.39, 0.29) is 17.2 Å². The van der Waals surface area contributed by atoms with Crippen molar-refractivity contribution in [2.24, 2.45) is 5.73 Å². The largest absolute Gasteiger partial charge is 0.487 e. The fourth-order valence-corrected chi connectivity index (χ4v) is 3.94. The Labute approximate surface area is 151 Å². The van der Waals surface area contributed by atoms with Gasteiger partial charge in [0.15, 0.2) is 11.6 Å². The summed E-state index contributed by atoms with van der Waals surface area (Å²) in [5.74, 6) is -1.08. The Balaban J connectivity index is 1.90. The van der Waals surface area contributed by atoms with Crippen molar-refractivity contribution in [3.63, 3.8) is 0 Å². The van der Waals surface area contributed by atoms with Gasteiger partial charge in [-0.25, -0.2) is 9.18 Å². The highest BCUT2D eigenvalue weighted by molar-refractivity contribution is 6.09. The molecule has 2 unspecified atom stereocenters. The van der Waals surface area contributed by atoms with E-state index in [1.165, 1.54) is 6.07 Å². The average molecular weight is 359 g/mol. The minimum Gasteiger partial charge on any atom is -0.487 e. The van der Waals surface area contributed by atoms with Gasteiger partial charge in [-0.2, -0.15) is 0 Å². The SMILES string of the molecule is C=C1C(C(=O)O)=CN2c3c1cc(F)c(N1CCC(C)(N)C1)c3OCC2C. The van der Waals surface area contributed by atoms with Gasteiger partial charge < -0.3 is 25.4 Å². The van der Waals surface area contributed by atoms with Crippen LogP contribution in [0.3, 0.4) is 0 Å². The molecule has 26 heavy (non-hydrogen) atoms. The summed E-state index contributed by atoms with van der Waals surface area (Å²) in [5.41, 5.74) is 7.74. The second-order valence-corrected chi connectivity index (χ2v) is 7.65. The van der Waals surface area contributed by atoms with Gasteiger partial charge in [0.05, 0.1) is 17.3 Å². The van der Waals surface area contributed by atoms with Gasteiger partial charge in [-0.05, 0) is 31.9 Å². The first-order valence-corrected chi connectivity index (χ1v) is 8.66. The second kappa shape index (κ2) is 5.48. The van der Waals surface area contributed by atoms with Crippen LogP contribution in [0.1, 0.15) is 25.8 Å². The monoisotopic (exact) mass is 359 g/mol. The Bertz CT molecular complexity index is 862. The molecule has 0 spiro atoms. The van der Waals surface area contributed by atoms with Crippen LogP contribution in [0.25, 0.3) is 5.57 Å². The number of ether oxygens (including phenoxy) is 1. The van der Waals surface area contributed by atoms with Gasteiger partial charge in [0.1, 0.15) is 12.3 Å². The third-order valence-electron chi connectivity index (χ3n) is 5.35. The van der Waals surface area contributed by atoms with E-state index in [1.54, 1.807) is 6.20 Å². The molecule has 6 nitrogen and oxygen atoms in total. The van der Waals surface area contributed by atoms with E-state index in [9.17, 15) is 9.90 Å². The normalized spacial score (nSPS) is 27.2. The molecule has 1 aromatic rings. The molecule has 0 saturated carbocycles. The van der Waals surface area contributed by atoms with Crippen LogP contribution in [0, 0.1) is 5.82 Å². The van der Waals surface area contributed by atoms with E-state index >= 15 is 4.39 Å². The Morgan fingerprint density at radius 2 is 2.23 bits per heavy atom. The highest BCUT2D eigenvalue weighted by Gasteiger charge is 2.39. The number of anilines is 2. The Morgan fingerprint density at radius 1 is 1.50 bits per heavy atom. The zero-order chi connectivity index (χ0) is 18.8. The Kier molecular flexibility index (Phi) is 3.56. The number of hydrogen-bond acceptors (Lipinski definition) is 5. The molecule has 3 N–H and O–H groups in total. The topological polar surface area (TPSA) is 79.0 Å². The highest BCUT2D eigenvalue weighted by Crippen LogP contribution is 2.51. The van der Waals surface area contributed by atoms with E-state index in [0.29, 0.717) is 48.0 Å². The first-order valence-electron chi connectivity index (χ1n) is 8.66. The van der Waals surface area contributed by atoms with Crippen LogP contribution in [0.15, 0.2) is 24.4 Å². The third-order valence-corrected chi connectivity index (χ3v) is 5.35. The van der Waals surface area contributed by atoms with Crippen molar-refractivity contribution in [3.8, 4) is 5.75 Å². The van der Waals surface area contributed by atoms with Crippen LogP contribution in [-0.4, -0.2) is 42.4 Å². The number of aliphatic carboxylic acids is 1. The van der Waals surface area contributed by atoms with Gasteiger partial charge in [-0.1, -0.05) is 6.58 Å². The molecule has 1 fully saturated rings. The standard InChI is InChI=1S/C19H22FN3O3/c1-10-8-26-17-15-12(11(2)13(18(24)25)7-23(10)15)6-14(20)16(17)22-5-4-19(3,21)9-22/h6-7,10H,2,4-5,8-9,21H2,1,3H3,(H,24,25). The molecule has 138 valence electrons. The lowest BCUT2D eigenvalue weighted by atomic mass is 9.91. The van der Waals surface area contributed by atoms with Crippen LogP contribution in [0.5, 0.6) is 5.75 Å². The number of hydrogen-bond donors (Lipinski definition) is 2. The summed E-state index contributed by atoms with van der Waals surface area (Å²) < 4.78 is 21.0. The van der Waals surface area contributed by atoms with Gasteiger partial charge in [0, 0.05) is 30.4 Å². The smallest absolute Gasteiger partial charge is 0.337 e. The lowest BCUT2D eigenvalue weighted by Crippen LogP contribution is -2.42. The highest BCUT2D eigenvalue weighted by atomic mass is 19.1. The van der Waals surface area contributed by atoms with Crippen LogP contribution in [-0.2, 0) is 4.79 Å². The Hall–Kier alpha value is -2.54. The van der Waals surface area contributed by atoms with E-state index in [2.05, 4.69) is 6.58 Å². The van der Waals surface area contributed by atoms with Crippen molar-refractivity contribution < 1.29 is 19.0 Å². The molecular weight excluding hydrogens is 337 g/mol. The van der Waals surface area contributed by atoms with Crippen LogP contribution < -0.4 is 20.3 Å². The first kappa shape index (κ1) is 16.9. The molecule has 2 atom stereocenters. The van der Waals surface area contributed by atoms with Crippen molar-refractivity contribution in [3.05, 3.63) is 35.8 Å². The van der Waals surface area contributed by atoms with Crippen molar-refractivity contribution >= 4 is 22.9 Å². The fraction of sp³-hybridized carbons (Fsp3) is 0.421. The molecular formula is C19H22FN3O3. The van der Waals surface area contributed by atoms with Crippen LogP contribution in [0.4, 0.5) is 15.8 Å². The summed E-state index contributed by atoms with van der Waals surface area (Å²) in [6.45, 7) is 9.28. The molecule has 4 rings (SSSR count). The minimum atomic E-state index is -1.08. The van der Waals surface area contributed by atoms with Gasteiger partial charge in [-0.3, -0.25) is 0 Å². The number of benzene rings is 1. The van der Waals surface area contributed by atoms with E-state index < -0.39 is 11.8 Å². The molecule has 0 aliphatic carbocycles. The van der Waals surface area contributed by atoms with E-state index in [1.807, 2.05) is 23.6 Å². The number of nitrogens with zero attached hydrogens (tertiary/aromatic N) is 2. The Morgan fingerprint density at radius 3 is 2.85 bits per heavy atom. The summed E-state index contributed by atoms with van der Waals surface area (Å²) in [6, 6.07) is 1.30. The van der Waals surface area contributed by atoms with Gasteiger partial charge in [0.25, 0.3) is 0 Å². The van der Waals surface area contributed by atoms with Crippen molar-refractivity contribution in [2.75, 3.05) is 29.5 Å². The molecule has 3 aliphatic heterocycles. The molecule has 3 heterocycles. The zero-order valence-electron chi connectivity index (χ0n) is 14.9. The predicted molar refractivity (Wildman–Crippen MR) is 98.0 cm³/mol. The maximum absolute atomic E-state index is 15.1. The second-order valence-electron chi connectivity index (χ2n) is 7.65. The summed E-state index contributed by atoms with van der Waals surface area (Å²) in [6.07, 6.45) is 2.33. The number of halogens is 1. The lowest BCUT2D eigenvalue weighted by Gasteiger charge is -2.41. The van der Waals surface area contributed by atoms with Gasteiger partial charge in [0.2, 0.25) is 0 Å². The fourth-order valence-electron chi connectivity index (χ4n) is 3.94. The molecule has 3 aliphatic rings. The minimum absolute atomic E-state index is 0.0691. The van der Waals surface area contributed by atoms with Crippen molar-refractivity contribution in [2.45, 2.75) is 31.8 Å². The average Bonchev–Trinajstić information content (AvgIpc) is 2.91. The number of rotatable bonds is 2. The maximum Gasteiger partial charge on any atom is 0.337 e. The van der Waals surface area contributed by atoms with Crippen molar-refractivity contribution in [1.29, 1.82) is 0 Å². The van der Waals surface area contributed by atoms with Crippen molar-refractivity contribution in [1.82, 2.24) is 0 Å². The lowest BCUT2D eigenvalue weighted by molar-refractivity contribution is -0.132. The number of carboxylic acids is 1. The summed E-state index contributed by atoms with van der Waals surface area (Å²) in [7, 11) is 0. The quantitative estimate of drug-likeness (QED) is 0.844. The van der Waals surface area contributed by atoms with E-state index in [4.69, 9.17) is 10.5 Å². The molecule has 0 radical (unpaired) electrons. The molecule has 0 amide bonds. The number of carbonyl (C=O) groups is 1. The van der Waals surface area contributed by atoms with Crippen LogP contribution >= 0.6 is 0 Å².